The molecule has 0 unspecified atom stereocenters. The lowest BCUT2D eigenvalue weighted by Crippen LogP contribution is -1.63. The Morgan fingerprint density at radius 2 is 2.15 bits per heavy atom. The van der Waals surface area contributed by atoms with Crippen LogP contribution < -0.4 is 0 Å². The second kappa shape index (κ2) is 4.97. The maximum absolute atomic E-state index is 4.33. The van der Waals surface area contributed by atoms with E-state index in [2.05, 4.69) is 30.1 Å². The molecule has 70 valence electrons. The first-order chi connectivity index (χ1) is 6.36. The maximum atomic E-state index is 4.33. The molecular weight excluding hydrogens is 178 g/mol. The third-order valence-corrected chi connectivity index (χ3v) is 2.61. The summed E-state index contributed by atoms with van der Waals surface area (Å²) in [5.74, 6) is 0. The van der Waals surface area contributed by atoms with Gasteiger partial charge in [0.1, 0.15) is 0 Å². The molecule has 1 nitrogen and oxygen atoms in total. The first-order valence-electron chi connectivity index (χ1n) is 4.66. The average Bonchev–Trinajstić information content (AvgIpc) is 2.36. The number of allylic oxidation sites excluding steroid dienone is 1. The Labute approximate surface area is 83.8 Å². The minimum absolute atomic E-state index is 0.959. The fraction of sp³-hybridized carbons (Fsp3) is 0.364. The van der Waals surface area contributed by atoms with E-state index in [0.29, 0.717) is 0 Å². The van der Waals surface area contributed by atoms with Gasteiger partial charge in [0.25, 0.3) is 0 Å². The lowest BCUT2D eigenvalue weighted by molar-refractivity contribution is 1.50. The lowest BCUT2D eigenvalue weighted by atomic mass is 10.3. The molecule has 0 amide bonds. The number of hydrogen-bond acceptors (Lipinski definition) is 2. The Morgan fingerprint density at radius 3 is 2.92 bits per heavy atom. The summed E-state index contributed by atoms with van der Waals surface area (Å²) >= 11 is 1.80. The molecule has 2 rings (SSSR count). The van der Waals surface area contributed by atoms with Crippen molar-refractivity contribution in [3.63, 3.8) is 0 Å². The molecule has 0 radical (unpaired) electrons. The van der Waals surface area contributed by atoms with Crippen LogP contribution >= 0.6 is 11.3 Å². The van der Waals surface area contributed by atoms with Gasteiger partial charge in [0.2, 0.25) is 0 Å². The molecule has 0 aliphatic carbocycles. The molecule has 0 saturated heterocycles. The zero-order chi connectivity index (χ0) is 9.68. The SMILES string of the molecule is CC.Cc1cc2c(s1)C=CCC=N2. The summed E-state index contributed by atoms with van der Waals surface area (Å²) in [6.07, 6.45) is 7.21. The van der Waals surface area contributed by atoms with E-state index >= 15 is 0 Å². The number of rotatable bonds is 0. The van der Waals surface area contributed by atoms with E-state index in [0.717, 1.165) is 12.1 Å². The lowest BCUT2D eigenvalue weighted by Gasteiger charge is -1.84. The molecule has 0 atom stereocenters. The zero-order valence-corrected chi connectivity index (χ0v) is 9.19. The Morgan fingerprint density at radius 1 is 1.38 bits per heavy atom. The highest BCUT2D eigenvalue weighted by Gasteiger charge is 2.02. The van der Waals surface area contributed by atoms with Crippen LogP contribution in [0, 0.1) is 6.92 Å². The number of fused-ring (bicyclic) bond motifs is 1. The van der Waals surface area contributed by atoms with Crippen LogP contribution in [-0.4, -0.2) is 6.21 Å². The predicted octanol–water partition coefficient (Wildman–Crippen LogP) is 4.20. The molecule has 2 heteroatoms. The smallest absolute Gasteiger partial charge is 0.0808 e. The van der Waals surface area contributed by atoms with E-state index < -0.39 is 0 Å². The Hall–Kier alpha value is -0.890. The van der Waals surface area contributed by atoms with Crippen molar-refractivity contribution in [2.24, 2.45) is 4.99 Å². The van der Waals surface area contributed by atoms with Crippen LogP contribution in [0.15, 0.2) is 17.1 Å². The van der Waals surface area contributed by atoms with Crippen molar-refractivity contribution < 1.29 is 0 Å². The van der Waals surface area contributed by atoms with Crippen molar-refractivity contribution in [3.05, 3.63) is 21.9 Å². The van der Waals surface area contributed by atoms with E-state index in [4.69, 9.17) is 0 Å². The van der Waals surface area contributed by atoms with Gasteiger partial charge < -0.3 is 0 Å². The highest BCUT2D eigenvalue weighted by Crippen LogP contribution is 2.31. The van der Waals surface area contributed by atoms with Gasteiger partial charge in [-0.1, -0.05) is 19.9 Å². The molecule has 0 fully saturated rings. The normalized spacial score (nSPS) is 12.8. The predicted molar refractivity (Wildman–Crippen MR) is 62.2 cm³/mol. The second-order valence-electron chi connectivity index (χ2n) is 2.56. The molecule has 1 aliphatic rings. The molecule has 0 bridgehead atoms. The first-order valence-corrected chi connectivity index (χ1v) is 5.47. The first kappa shape index (κ1) is 10.2. The molecule has 1 aromatic rings. The van der Waals surface area contributed by atoms with Crippen LogP contribution in [0.1, 0.15) is 30.0 Å². The molecule has 0 N–H and O–H groups in total. The van der Waals surface area contributed by atoms with Crippen LogP contribution in [0.3, 0.4) is 0 Å². The van der Waals surface area contributed by atoms with Gasteiger partial charge in [-0.2, -0.15) is 0 Å². The van der Waals surface area contributed by atoms with Gasteiger partial charge >= 0.3 is 0 Å². The number of aliphatic imine (C=N–C) groups is 1. The Bertz CT molecular complexity index is 291. The van der Waals surface area contributed by atoms with Crippen molar-refractivity contribution >= 4 is 29.3 Å². The maximum Gasteiger partial charge on any atom is 0.0808 e. The van der Waals surface area contributed by atoms with Gasteiger partial charge in [0, 0.05) is 17.5 Å². The molecule has 0 aromatic carbocycles. The van der Waals surface area contributed by atoms with Crippen LogP contribution in [0.25, 0.3) is 6.08 Å². The highest BCUT2D eigenvalue weighted by molar-refractivity contribution is 7.13. The number of nitrogens with zero attached hydrogens (tertiary/aromatic N) is 1. The van der Waals surface area contributed by atoms with Crippen molar-refractivity contribution in [2.75, 3.05) is 0 Å². The number of thiophene rings is 1. The molecule has 0 spiro atoms. The fourth-order valence-corrected chi connectivity index (χ4v) is 2.02. The van der Waals surface area contributed by atoms with Crippen molar-refractivity contribution in [2.45, 2.75) is 27.2 Å². The Balaban J connectivity index is 0.000000396. The minimum atomic E-state index is 0.959. The van der Waals surface area contributed by atoms with Gasteiger partial charge in [0.15, 0.2) is 0 Å². The van der Waals surface area contributed by atoms with E-state index in [1.165, 1.54) is 9.75 Å². The van der Waals surface area contributed by atoms with Crippen molar-refractivity contribution in [1.29, 1.82) is 0 Å². The molecular formula is C11H15NS. The van der Waals surface area contributed by atoms with Crippen molar-refractivity contribution in [3.8, 4) is 0 Å². The standard InChI is InChI=1S/C9H9NS.C2H6/c1-7-6-8-9(11-7)4-2-3-5-10-8;1-2/h2,4-6H,3H2,1H3;1-2H3. The third-order valence-electron chi connectivity index (χ3n) is 1.60. The molecule has 2 heterocycles. The quantitative estimate of drug-likeness (QED) is 0.585. The van der Waals surface area contributed by atoms with E-state index in [1.54, 1.807) is 11.3 Å². The summed E-state index contributed by atoms with van der Waals surface area (Å²) in [7, 11) is 0. The van der Waals surface area contributed by atoms with Crippen LogP contribution in [0.2, 0.25) is 0 Å². The Kier molecular flexibility index (Phi) is 3.90. The molecule has 13 heavy (non-hydrogen) atoms. The van der Waals surface area contributed by atoms with E-state index in [-0.39, 0.29) is 0 Å². The van der Waals surface area contributed by atoms with Crippen molar-refractivity contribution in [1.82, 2.24) is 0 Å². The molecule has 1 aliphatic heterocycles. The van der Waals surface area contributed by atoms with Gasteiger partial charge in [-0.05, 0) is 19.1 Å². The molecule has 0 saturated carbocycles. The highest BCUT2D eigenvalue weighted by atomic mass is 32.1. The number of aryl methyl sites for hydroxylation is 1. The third kappa shape index (κ3) is 2.52. The van der Waals surface area contributed by atoms with Crippen LogP contribution in [-0.2, 0) is 0 Å². The topological polar surface area (TPSA) is 12.4 Å². The monoisotopic (exact) mass is 193 g/mol. The van der Waals surface area contributed by atoms with E-state index in [9.17, 15) is 0 Å². The number of hydrogen-bond donors (Lipinski definition) is 0. The van der Waals surface area contributed by atoms with Crippen LogP contribution in [0.4, 0.5) is 5.69 Å². The van der Waals surface area contributed by atoms with Crippen LogP contribution in [0.5, 0.6) is 0 Å². The minimum Gasteiger partial charge on any atom is -0.259 e. The summed E-state index contributed by atoms with van der Waals surface area (Å²) in [6.45, 7) is 6.11. The largest absolute Gasteiger partial charge is 0.259 e. The average molecular weight is 193 g/mol. The summed E-state index contributed by atoms with van der Waals surface area (Å²) in [6, 6.07) is 2.13. The second-order valence-corrected chi connectivity index (χ2v) is 3.84. The summed E-state index contributed by atoms with van der Waals surface area (Å²) in [4.78, 5) is 6.95. The van der Waals surface area contributed by atoms with Gasteiger partial charge in [-0.15, -0.1) is 11.3 Å². The molecule has 1 aromatic heterocycles. The summed E-state index contributed by atoms with van der Waals surface area (Å²) in [5.41, 5.74) is 1.13. The summed E-state index contributed by atoms with van der Waals surface area (Å²) < 4.78 is 0. The summed E-state index contributed by atoms with van der Waals surface area (Å²) in [5, 5.41) is 0. The van der Waals surface area contributed by atoms with Gasteiger partial charge in [-0.3, -0.25) is 4.99 Å². The fourth-order valence-electron chi connectivity index (χ4n) is 1.13. The zero-order valence-electron chi connectivity index (χ0n) is 8.37. The van der Waals surface area contributed by atoms with Gasteiger partial charge in [0.05, 0.1) is 10.6 Å². The van der Waals surface area contributed by atoms with Gasteiger partial charge in [-0.25, -0.2) is 0 Å². The van der Waals surface area contributed by atoms with E-state index in [1.807, 2.05) is 20.1 Å².